The smallest absolute Gasteiger partial charge is 0.407 e. The van der Waals surface area contributed by atoms with E-state index in [1.54, 1.807) is 17.1 Å². The predicted molar refractivity (Wildman–Crippen MR) is 69.7 cm³/mol. The van der Waals surface area contributed by atoms with Crippen molar-refractivity contribution in [2.24, 2.45) is 0 Å². The summed E-state index contributed by atoms with van der Waals surface area (Å²) < 4.78 is 7.22. The van der Waals surface area contributed by atoms with Crippen LogP contribution in [-0.4, -0.2) is 61.6 Å². The number of hydrogen-bond acceptors (Lipinski definition) is 5. The minimum absolute atomic E-state index is 0.149. The molecule has 2 aromatic rings. The Balaban J connectivity index is 1.79. The first-order chi connectivity index (χ1) is 9.63. The second kappa shape index (κ2) is 5.22. The molecule has 2 aromatic heterocycles. The topological polar surface area (TPSA) is 93.4 Å². The second-order valence-corrected chi connectivity index (χ2v) is 4.80. The summed E-state index contributed by atoms with van der Waals surface area (Å²) in [5.41, 5.74) is 0.612. The van der Waals surface area contributed by atoms with Crippen molar-refractivity contribution in [3.63, 3.8) is 0 Å². The maximum absolute atomic E-state index is 11.0. The van der Waals surface area contributed by atoms with Gasteiger partial charge in [-0.2, -0.15) is 10.1 Å². The molecule has 9 heteroatoms. The van der Waals surface area contributed by atoms with Crippen LogP contribution in [0.2, 0.25) is 5.28 Å². The fourth-order valence-corrected chi connectivity index (χ4v) is 2.30. The lowest BCUT2D eigenvalue weighted by Gasteiger charge is -2.30. The molecule has 1 amide bonds. The minimum atomic E-state index is -0.936. The number of carboxylic acid groups (broad SMARTS) is 1. The zero-order valence-corrected chi connectivity index (χ0v) is 11.2. The van der Waals surface area contributed by atoms with Crippen molar-refractivity contribution in [2.45, 2.75) is 12.6 Å². The molecule has 1 aliphatic heterocycles. The number of amides is 1. The molecular formula is C11H12ClN5O3. The van der Waals surface area contributed by atoms with E-state index < -0.39 is 6.09 Å². The predicted octanol–water partition coefficient (Wildman–Crippen LogP) is 0.858. The molecule has 1 N–H and O–H groups in total. The molecule has 1 aliphatic rings. The minimum Gasteiger partial charge on any atom is -0.465 e. The first-order valence-corrected chi connectivity index (χ1v) is 6.45. The average molecular weight is 298 g/mol. The third-order valence-electron chi connectivity index (χ3n) is 3.13. The van der Waals surface area contributed by atoms with Crippen molar-refractivity contribution in [3.8, 4) is 0 Å². The van der Waals surface area contributed by atoms with Crippen molar-refractivity contribution < 1.29 is 14.6 Å². The number of hydrogen-bond donors (Lipinski definition) is 1. The number of halogens is 1. The van der Waals surface area contributed by atoms with Gasteiger partial charge in [0.15, 0.2) is 5.65 Å². The first-order valence-electron chi connectivity index (χ1n) is 6.07. The Bertz CT molecular complexity index is 646. The zero-order valence-electron chi connectivity index (χ0n) is 10.4. The summed E-state index contributed by atoms with van der Waals surface area (Å²) in [7, 11) is 0. The molecule has 1 unspecified atom stereocenters. The van der Waals surface area contributed by atoms with Crippen LogP contribution in [0.3, 0.4) is 0 Å². The number of rotatable bonds is 2. The van der Waals surface area contributed by atoms with E-state index in [1.165, 1.54) is 4.90 Å². The number of aromatic nitrogens is 4. The fraction of sp³-hybridized carbons (Fsp3) is 0.455. The molecule has 1 saturated heterocycles. The van der Waals surface area contributed by atoms with Crippen LogP contribution < -0.4 is 0 Å². The number of fused-ring (bicyclic) bond motifs is 1. The summed E-state index contributed by atoms with van der Waals surface area (Å²) in [6.45, 7) is 1.50. The average Bonchev–Trinajstić information content (AvgIpc) is 2.82. The summed E-state index contributed by atoms with van der Waals surface area (Å²) in [6.07, 6.45) is 2.05. The molecular weight excluding hydrogens is 286 g/mol. The van der Waals surface area contributed by atoms with Crippen LogP contribution in [0.5, 0.6) is 0 Å². The highest BCUT2D eigenvalue weighted by Gasteiger charge is 2.24. The molecule has 106 valence electrons. The highest BCUT2D eigenvalue weighted by Crippen LogP contribution is 2.14. The van der Waals surface area contributed by atoms with E-state index in [1.807, 2.05) is 0 Å². The Morgan fingerprint density at radius 3 is 3.20 bits per heavy atom. The Hall–Kier alpha value is -1.93. The van der Waals surface area contributed by atoms with E-state index >= 15 is 0 Å². The van der Waals surface area contributed by atoms with Crippen LogP contribution in [0.4, 0.5) is 4.79 Å². The van der Waals surface area contributed by atoms with Gasteiger partial charge >= 0.3 is 6.09 Å². The van der Waals surface area contributed by atoms with Crippen LogP contribution in [0.15, 0.2) is 12.4 Å². The van der Waals surface area contributed by atoms with Gasteiger partial charge in [0.05, 0.1) is 37.4 Å². The molecule has 0 aromatic carbocycles. The summed E-state index contributed by atoms with van der Waals surface area (Å²) in [6, 6.07) is 0. The summed E-state index contributed by atoms with van der Waals surface area (Å²) in [5.74, 6) is 0. The van der Waals surface area contributed by atoms with Gasteiger partial charge < -0.3 is 14.7 Å². The Kier molecular flexibility index (Phi) is 3.41. The molecule has 1 atom stereocenters. The molecule has 1 fully saturated rings. The lowest BCUT2D eigenvalue weighted by Crippen LogP contribution is -2.46. The lowest BCUT2D eigenvalue weighted by atomic mass is 10.3. The van der Waals surface area contributed by atoms with Gasteiger partial charge in [0.2, 0.25) is 5.28 Å². The summed E-state index contributed by atoms with van der Waals surface area (Å²) in [4.78, 5) is 20.3. The van der Waals surface area contributed by atoms with Crippen LogP contribution in [-0.2, 0) is 11.3 Å². The van der Waals surface area contributed by atoms with E-state index in [2.05, 4.69) is 15.1 Å². The van der Waals surface area contributed by atoms with E-state index in [4.69, 9.17) is 21.4 Å². The highest BCUT2D eigenvalue weighted by molar-refractivity contribution is 6.28. The number of morpholine rings is 1. The van der Waals surface area contributed by atoms with E-state index in [0.717, 1.165) is 5.39 Å². The first kappa shape index (κ1) is 13.1. The van der Waals surface area contributed by atoms with Crippen molar-refractivity contribution in [1.29, 1.82) is 0 Å². The molecule has 3 heterocycles. The van der Waals surface area contributed by atoms with Crippen molar-refractivity contribution in [2.75, 3.05) is 19.7 Å². The normalized spacial score (nSPS) is 19.4. The molecule has 0 spiro atoms. The van der Waals surface area contributed by atoms with Crippen molar-refractivity contribution in [3.05, 3.63) is 17.7 Å². The molecule has 3 rings (SSSR count). The third-order valence-corrected chi connectivity index (χ3v) is 3.32. The molecule has 0 saturated carbocycles. The standard InChI is InChI=1S/C11H12ClN5O3/c12-10-13-3-7-4-14-17(9(7)15-10)6-8-5-16(11(18)19)1-2-20-8/h3-4,8H,1-2,5-6H2,(H,18,19). The molecule has 20 heavy (non-hydrogen) atoms. The second-order valence-electron chi connectivity index (χ2n) is 4.47. The van der Waals surface area contributed by atoms with Gasteiger partial charge in [-0.15, -0.1) is 0 Å². The van der Waals surface area contributed by atoms with Gasteiger partial charge in [-0.1, -0.05) is 0 Å². The van der Waals surface area contributed by atoms with Crippen LogP contribution in [0, 0.1) is 0 Å². The van der Waals surface area contributed by atoms with E-state index in [-0.39, 0.29) is 11.4 Å². The Morgan fingerprint density at radius 1 is 1.55 bits per heavy atom. The molecule has 0 bridgehead atoms. The SMILES string of the molecule is O=C(O)N1CCOC(Cn2ncc3cnc(Cl)nc32)C1. The van der Waals surface area contributed by atoms with Crippen molar-refractivity contribution >= 4 is 28.7 Å². The van der Waals surface area contributed by atoms with Gasteiger partial charge in [0.1, 0.15) is 0 Å². The summed E-state index contributed by atoms with van der Waals surface area (Å²) in [5, 5.41) is 14.1. The van der Waals surface area contributed by atoms with Crippen molar-refractivity contribution in [1.82, 2.24) is 24.6 Å². The van der Waals surface area contributed by atoms with Gasteiger partial charge in [-0.25, -0.2) is 14.5 Å². The van der Waals surface area contributed by atoms with E-state index in [0.29, 0.717) is 31.9 Å². The number of ether oxygens (including phenoxy) is 1. The van der Waals surface area contributed by atoms with E-state index in [9.17, 15) is 4.79 Å². The van der Waals surface area contributed by atoms with Gasteiger partial charge in [0, 0.05) is 12.7 Å². The lowest BCUT2D eigenvalue weighted by molar-refractivity contribution is -0.0302. The maximum atomic E-state index is 11.0. The maximum Gasteiger partial charge on any atom is 0.407 e. The fourth-order valence-electron chi connectivity index (χ4n) is 2.18. The molecule has 0 aliphatic carbocycles. The van der Waals surface area contributed by atoms with Crippen LogP contribution in [0.25, 0.3) is 11.0 Å². The number of nitrogens with zero attached hydrogens (tertiary/aromatic N) is 5. The monoisotopic (exact) mass is 297 g/mol. The van der Waals surface area contributed by atoms with Crippen LogP contribution in [0.1, 0.15) is 0 Å². The Morgan fingerprint density at radius 2 is 2.40 bits per heavy atom. The summed E-state index contributed by atoms with van der Waals surface area (Å²) >= 11 is 5.77. The molecule has 0 radical (unpaired) electrons. The third kappa shape index (κ3) is 2.52. The van der Waals surface area contributed by atoms with Gasteiger partial charge in [-0.05, 0) is 11.6 Å². The largest absolute Gasteiger partial charge is 0.465 e. The number of carbonyl (C=O) groups is 1. The van der Waals surface area contributed by atoms with Gasteiger partial charge in [0.25, 0.3) is 0 Å². The Labute approximate surface area is 118 Å². The highest BCUT2D eigenvalue weighted by atomic mass is 35.5. The zero-order chi connectivity index (χ0) is 14.1. The quantitative estimate of drug-likeness (QED) is 0.826. The molecule has 8 nitrogen and oxygen atoms in total. The van der Waals surface area contributed by atoms with Crippen LogP contribution >= 0.6 is 11.6 Å². The van der Waals surface area contributed by atoms with Gasteiger partial charge in [-0.3, -0.25) is 0 Å².